The minimum absolute atomic E-state index is 0.0906. The SMILES string of the molecule is COCCCN1CCC(NC(=O)/C=C\c2ccc(F)cc2)CC1. The molecule has 0 radical (unpaired) electrons. The van der Waals surface area contributed by atoms with Crippen molar-refractivity contribution in [3.05, 3.63) is 41.7 Å². The number of hydrogen-bond acceptors (Lipinski definition) is 3. The molecule has 0 bridgehead atoms. The Balaban J connectivity index is 1.69. The largest absolute Gasteiger partial charge is 0.385 e. The third-order valence-corrected chi connectivity index (χ3v) is 4.05. The minimum Gasteiger partial charge on any atom is -0.385 e. The summed E-state index contributed by atoms with van der Waals surface area (Å²) in [5.41, 5.74) is 0.814. The van der Waals surface area contributed by atoms with Crippen LogP contribution in [0.2, 0.25) is 0 Å². The number of likely N-dealkylation sites (tertiary alicyclic amines) is 1. The van der Waals surface area contributed by atoms with Gasteiger partial charge in [-0.15, -0.1) is 0 Å². The van der Waals surface area contributed by atoms with Crippen LogP contribution in [0.3, 0.4) is 0 Å². The van der Waals surface area contributed by atoms with Crippen molar-refractivity contribution in [3.8, 4) is 0 Å². The zero-order valence-corrected chi connectivity index (χ0v) is 13.6. The normalized spacial score (nSPS) is 16.8. The van der Waals surface area contributed by atoms with E-state index in [1.54, 1.807) is 25.3 Å². The lowest BCUT2D eigenvalue weighted by Gasteiger charge is -2.32. The molecule has 1 aromatic carbocycles. The average Bonchev–Trinajstić information content (AvgIpc) is 2.56. The van der Waals surface area contributed by atoms with E-state index in [2.05, 4.69) is 10.2 Å². The van der Waals surface area contributed by atoms with Crippen molar-refractivity contribution in [2.75, 3.05) is 33.4 Å². The van der Waals surface area contributed by atoms with E-state index in [-0.39, 0.29) is 17.8 Å². The molecule has 0 spiro atoms. The van der Waals surface area contributed by atoms with Crippen molar-refractivity contribution in [2.45, 2.75) is 25.3 Å². The Morgan fingerprint density at radius 1 is 1.35 bits per heavy atom. The number of ether oxygens (including phenoxy) is 1. The Morgan fingerprint density at radius 2 is 2.04 bits per heavy atom. The predicted octanol–water partition coefficient (Wildman–Crippen LogP) is 2.46. The van der Waals surface area contributed by atoms with Crippen LogP contribution in [-0.2, 0) is 9.53 Å². The van der Waals surface area contributed by atoms with Crippen molar-refractivity contribution >= 4 is 12.0 Å². The molecule has 0 saturated carbocycles. The van der Waals surface area contributed by atoms with Crippen LogP contribution in [0.25, 0.3) is 6.08 Å². The van der Waals surface area contributed by atoms with Crippen molar-refractivity contribution in [2.24, 2.45) is 0 Å². The molecule has 1 aromatic rings. The lowest BCUT2D eigenvalue weighted by Crippen LogP contribution is -2.44. The Bertz CT molecular complexity index is 508. The van der Waals surface area contributed by atoms with E-state index in [1.807, 2.05) is 0 Å². The molecule has 0 unspecified atom stereocenters. The van der Waals surface area contributed by atoms with Crippen LogP contribution in [-0.4, -0.2) is 50.2 Å². The van der Waals surface area contributed by atoms with Gasteiger partial charge in [-0.25, -0.2) is 4.39 Å². The monoisotopic (exact) mass is 320 g/mol. The highest BCUT2D eigenvalue weighted by Gasteiger charge is 2.19. The number of benzene rings is 1. The number of halogens is 1. The number of hydrogen-bond donors (Lipinski definition) is 1. The van der Waals surface area contributed by atoms with Crippen molar-refractivity contribution in [1.82, 2.24) is 10.2 Å². The first-order valence-corrected chi connectivity index (χ1v) is 8.13. The van der Waals surface area contributed by atoms with Crippen LogP contribution in [0.1, 0.15) is 24.8 Å². The number of amides is 1. The first kappa shape index (κ1) is 17.6. The lowest BCUT2D eigenvalue weighted by atomic mass is 10.0. The summed E-state index contributed by atoms with van der Waals surface area (Å²) in [7, 11) is 1.72. The van der Waals surface area contributed by atoms with Gasteiger partial charge in [0.05, 0.1) is 0 Å². The second kappa shape index (κ2) is 9.43. The molecule has 1 amide bonds. The van der Waals surface area contributed by atoms with Gasteiger partial charge in [-0.05, 0) is 43.0 Å². The maximum absolute atomic E-state index is 12.8. The average molecular weight is 320 g/mol. The van der Waals surface area contributed by atoms with Crippen LogP contribution < -0.4 is 5.32 Å². The fraction of sp³-hybridized carbons (Fsp3) is 0.500. The molecule has 2 rings (SSSR count). The molecule has 23 heavy (non-hydrogen) atoms. The third-order valence-electron chi connectivity index (χ3n) is 4.05. The number of nitrogens with zero attached hydrogens (tertiary/aromatic N) is 1. The Morgan fingerprint density at radius 3 is 2.70 bits per heavy atom. The number of methoxy groups -OCH3 is 1. The summed E-state index contributed by atoms with van der Waals surface area (Å²) in [6, 6.07) is 6.31. The second-order valence-electron chi connectivity index (χ2n) is 5.86. The Kier molecular flexibility index (Phi) is 7.23. The summed E-state index contributed by atoms with van der Waals surface area (Å²) >= 11 is 0. The van der Waals surface area contributed by atoms with E-state index in [0.29, 0.717) is 0 Å². The molecule has 126 valence electrons. The zero-order chi connectivity index (χ0) is 16.5. The quantitative estimate of drug-likeness (QED) is 0.620. The fourth-order valence-corrected chi connectivity index (χ4v) is 2.73. The summed E-state index contributed by atoms with van der Waals surface area (Å²) in [5.74, 6) is -0.365. The van der Waals surface area contributed by atoms with Gasteiger partial charge in [0.15, 0.2) is 0 Å². The number of nitrogens with one attached hydrogen (secondary N) is 1. The molecule has 1 N–H and O–H groups in total. The molecule has 1 heterocycles. The summed E-state index contributed by atoms with van der Waals surface area (Å²) in [6.45, 7) is 3.87. The van der Waals surface area contributed by atoms with E-state index in [0.717, 1.165) is 51.1 Å². The number of rotatable bonds is 7. The van der Waals surface area contributed by atoms with Crippen molar-refractivity contribution < 1.29 is 13.9 Å². The predicted molar refractivity (Wildman–Crippen MR) is 89.5 cm³/mol. The van der Waals surface area contributed by atoms with Crippen LogP contribution in [0, 0.1) is 5.82 Å². The summed E-state index contributed by atoms with van der Waals surface area (Å²) in [5, 5.41) is 3.04. The Hall–Kier alpha value is -1.72. The number of piperidine rings is 1. The van der Waals surface area contributed by atoms with E-state index < -0.39 is 0 Å². The highest BCUT2D eigenvalue weighted by molar-refractivity contribution is 5.91. The van der Waals surface area contributed by atoms with Crippen LogP contribution in [0.4, 0.5) is 4.39 Å². The van der Waals surface area contributed by atoms with Crippen LogP contribution in [0.15, 0.2) is 30.3 Å². The zero-order valence-electron chi connectivity index (χ0n) is 13.6. The second-order valence-corrected chi connectivity index (χ2v) is 5.86. The fourth-order valence-electron chi connectivity index (χ4n) is 2.73. The molecule has 5 heteroatoms. The summed E-state index contributed by atoms with van der Waals surface area (Å²) in [4.78, 5) is 14.4. The van der Waals surface area contributed by atoms with Gasteiger partial charge in [0.2, 0.25) is 5.91 Å². The first-order valence-electron chi connectivity index (χ1n) is 8.13. The van der Waals surface area contributed by atoms with Gasteiger partial charge in [0.1, 0.15) is 5.82 Å². The van der Waals surface area contributed by atoms with Gasteiger partial charge in [0.25, 0.3) is 0 Å². The van der Waals surface area contributed by atoms with E-state index in [4.69, 9.17) is 4.74 Å². The molecular weight excluding hydrogens is 295 g/mol. The minimum atomic E-state index is -0.274. The molecule has 0 aliphatic carbocycles. The van der Waals surface area contributed by atoms with Crippen LogP contribution >= 0.6 is 0 Å². The van der Waals surface area contributed by atoms with Crippen LogP contribution in [0.5, 0.6) is 0 Å². The van der Waals surface area contributed by atoms with Gasteiger partial charge in [-0.2, -0.15) is 0 Å². The molecule has 0 atom stereocenters. The van der Waals surface area contributed by atoms with Crippen molar-refractivity contribution in [3.63, 3.8) is 0 Å². The maximum Gasteiger partial charge on any atom is 0.244 e. The molecule has 1 fully saturated rings. The van der Waals surface area contributed by atoms with E-state index in [1.165, 1.54) is 18.2 Å². The molecule has 4 nitrogen and oxygen atoms in total. The van der Waals surface area contributed by atoms with Crippen molar-refractivity contribution in [1.29, 1.82) is 0 Å². The van der Waals surface area contributed by atoms with Gasteiger partial charge in [-0.3, -0.25) is 4.79 Å². The number of carbonyl (C=O) groups excluding carboxylic acids is 1. The van der Waals surface area contributed by atoms with Gasteiger partial charge in [0, 0.05) is 45.5 Å². The standard InChI is InChI=1S/C18H25FN2O2/c1-23-14-2-11-21-12-9-17(10-13-21)20-18(22)8-5-15-3-6-16(19)7-4-15/h3-8,17H,2,9-14H2,1H3,(H,20,22)/b8-5-. The molecule has 1 aliphatic rings. The highest BCUT2D eigenvalue weighted by Crippen LogP contribution is 2.11. The smallest absolute Gasteiger partial charge is 0.244 e. The number of carbonyl (C=O) groups is 1. The van der Waals surface area contributed by atoms with E-state index in [9.17, 15) is 9.18 Å². The van der Waals surface area contributed by atoms with E-state index >= 15 is 0 Å². The lowest BCUT2D eigenvalue weighted by molar-refractivity contribution is -0.117. The third kappa shape index (κ3) is 6.50. The molecule has 0 aromatic heterocycles. The summed E-state index contributed by atoms with van der Waals surface area (Å²) < 4.78 is 17.9. The molecule has 1 aliphatic heterocycles. The van der Waals surface area contributed by atoms with Gasteiger partial charge < -0.3 is 15.0 Å². The van der Waals surface area contributed by atoms with Gasteiger partial charge in [-0.1, -0.05) is 12.1 Å². The first-order chi connectivity index (χ1) is 11.2. The summed E-state index contributed by atoms with van der Waals surface area (Å²) in [6.07, 6.45) is 6.22. The highest BCUT2D eigenvalue weighted by atomic mass is 19.1. The topological polar surface area (TPSA) is 41.6 Å². The molecule has 1 saturated heterocycles. The molecular formula is C18H25FN2O2. The maximum atomic E-state index is 12.8. The van der Waals surface area contributed by atoms with Gasteiger partial charge >= 0.3 is 0 Å². The Labute approximate surface area is 137 Å².